The van der Waals surface area contributed by atoms with Crippen molar-refractivity contribution in [2.75, 3.05) is 13.1 Å². The Morgan fingerprint density at radius 3 is 0.963 bits per heavy atom. The average Bonchev–Trinajstić information content (AvgIpc) is 2.70. The van der Waals surface area contributed by atoms with Crippen LogP contribution in [0.2, 0.25) is 36.3 Å². The summed E-state index contributed by atoms with van der Waals surface area (Å²) in [6.45, 7) is 10.9. The first-order valence-corrected chi connectivity index (χ1v) is 17.2. The Kier molecular flexibility index (Phi) is 17.4. The van der Waals surface area contributed by atoms with Crippen molar-refractivity contribution < 1.29 is 4.12 Å². The van der Waals surface area contributed by atoms with E-state index in [0.29, 0.717) is 0 Å². The second kappa shape index (κ2) is 17.2. The van der Waals surface area contributed by atoms with Gasteiger partial charge in [0.15, 0.2) is 16.6 Å². The van der Waals surface area contributed by atoms with Crippen molar-refractivity contribution in [2.45, 2.75) is 128 Å². The van der Waals surface area contributed by atoms with Gasteiger partial charge in [-0.1, -0.05) is 79.1 Å². The summed E-state index contributed by atoms with van der Waals surface area (Å²) in [6, 6.07) is 8.02. The molecule has 4 N–H and O–H groups in total. The largest absolute Gasteiger partial charge is 0.455 e. The first-order valence-electron chi connectivity index (χ1n) is 12.2. The van der Waals surface area contributed by atoms with E-state index < -0.39 is 16.6 Å². The van der Waals surface area contributed by atoms with Crippen LogP contribution >= 0.6 is 0 Å². The molecule has 5 heteroatoms. The molecule has 0 saturated carbocycles. The highest BCUT2D eigenvalue weighted by Gasteiger charge is 2.43. The molecule has 0 radical (unpaired) electrons. The second-order valence-corrected chi connectivity index (χ2v) is 17.2. The lowest BCUT2D eigenvalue weighted by Gasteiger charge is -2.43. The van der Waals surface area contributed by atoms with Crippen LogP contribution in [-0.2, 0) is 4.12 Å². The molecular formula is C22H52N2OSi2. The highest BCUT2D eigenvalue weighted by molar-refractivity contribution is 6.87. The predicted octanol–water partition coefficient (Wildman–Crippen LogP) is 6.79. The fourth-order valence-corrected chi connectivity index (χ4v) is 17.7. The summed E-state index contributed by atoms with van der Waals surface area (Å²) in [5.74, 6) is 0. The zero-order chi connectivity index (χ0) is 20.4. The zero-order valence-corrected chi connectivity index (χ0v) is 21.3. The maximum atomic E-state index is 7.60. The van der Waals surface area contributed by atoms with E-state index in [1.54, 1.807) is 0 Å². The van der Waals surface area contributed by atoms with Crippen molar-refractivity contribution in [1.29, 1.82) is 0 Å². The summed E-state index contributed by atoms with van der Waals surface area (Å²) in [5, 5.41) is 0. The molecule has 0 aromatic carbocycles. The van der Waals surface area contributed by atoms with Gasteiger partial charge in [-0.25, -0.2) is 0 Å². The molecule has 27 heavy (non-hydrogen) atoms. The SMILES string of the molecule is CCCC[Si](CCCC)(CCCN)O[Si](CCCC)(CCCC)CCCN. The van der Waals surface area contributed by atoms with E-state index in [9.17, 15) is 0 Å². The average molecular weight is 417 g/mol. The van der Waals surface area contributed by atoms with E-state index in [2.05, 4.69) is 27.7 Å². The van der Waals surface area contributed by atoms with E-state index in [-0.39, 0.29) is 0 Å². The summed E-state index contributed by atoms with van der Waals surface area (Å²) in [7, 11) is -3.41. The molecule has 0 atom stereocenters. The Morgan fingerprint density at radius 1 is 0.481 bits per heavy atom. The summed E-state index contributed by atoms with van der Waals surface area (Å²) in [6.07, 6.45) is 12.8. The minimum absolute atomic E-state index is 0.817. The number of hydrogen-bond donors (Lipinski definition) is 2. The Labute approximate surface area is 173 Å². The number of unbranched alkanes of at least 4 members (excludes halogenated alkanes) is 4. The van der Waals surface area contributed by atoms with E-state index in [1.807, 2.05) is 0 Å². The van der Waals surface area contributed by atoms with Gasteiger partial charge in [-0.2, -0.15) is 0 Å². The van der Waals surface area contributed by atoms with Crippen LogP contribution in [0, 0.1) is 0 Å². The highest BCUT2D eigenvalue weighted by Crippen LogP contribution is 2.38. The molecule has 0 aliphatic heterocycles. The van der Waals surface area contributed by atoms with Crippen LogP contribution in [0.15, 0.2) is 0 Å². The highest BCUT2D eigenvalue weighted by atomic mass is 28.4. The Bertz CT molecular complexity index is 256. The topological polar surface area (TPSA) is 61.3 Å². The molecule has 0 heterocycles. The minimum atomic E-state index is -1.70. The lowest BCUT2D eigenvalue weighted by atomic mass is 10.4. The standard InChI is InChI=1S/C22H52N2OSi2/c1-5-9-17-26(18-10-6-2,21-13-15-23)25-27(19-11-7-3,20-12-8-4)22-14-16-24/h5-24H2,1-4H3. The molecule has 0 rings (SSSR count). The smallest absolute Gasteiger partial charge is 0.179 e. The molecule has 0 unspecified atom stereocenters. The van der Waals surface area contributed by atoms with Gasteiger partial charge in [-0.3, -0.25) is 0 Å². The maximum Gasteiger partial charge on any atom is 0.179 e. The first kappa shape index (κ1) is 27.3. The van der Waals surface area contributed by atoms with Crippen molar-refractivity contribution >= 4 is 16.6 Å². The lowest BCUT2D eigenvalue weighted by Crippen LogP contribution is -2.52. The van der Waals surface area contributed by atoms with Crippen LogP contribution in [-0.4, -0.2) is 29.7 Å². The van der Waals surface area contributed by atoms with Gasteiger partial charge in [0.05, 0.1) is 0 Å². The summed E-state index contributed by atoms with van der Waals surface area (Å²) >= 11 is 0. The van der Waals surface area contributed by atoms with Gasteiger partial charge in [-0.15, -0.1) is 0 Å². The quantitative estimate of drug-likeness (QED) is 0.215. The number of rotatable bonds is 20. The van der Waals surface area contributed by atoms with Gasteiger partial charge in [0.2, 0.25) is 0 Å². The fourth-order valence-electron chi connectivity index (χ4n) is 4.36. The molecule has 0 aliphatic carbocycles. The van der Waals surface area contributed by atoms with Crippen LogP contribution in [0.3, 0.4) is 0 Å². The normalized spacial score (nSPS) is 12.7. The molecule has 0 fully saturated rings. The molecule has 0 amide bonds. The third-order valence-electron chi connectivity index (χ3n) is 6.05. The lowest BCUT2D eigenvalue weighted by molar-refractivity contribution is 0.477. The summed E-state index contributed by atoms with van der Waals surface area (Å²) in [4.78, 5) is 0. The third-order valence-corrected chi connectivity index (χ3v) is 17.1. The fraction of sp³-hybridized carbons (Fsp3) is 1.00. The molecule has 0 aromatic heterocycles. The van der Waals surface area contributed by atoms with Gasteiger partial charge >= 0.3 is 0 Å². The van der Waals surface area contributed by atoms with Crippen molar-refractivity contribution in [3.63, 3.8) is 0 Å². The maximum absolute atomic E-state index is 7.60. The molecule has 0 aliphatic rings. The van der Waals surface area contributed by atoms with Gasteiger partial charge in [-0.05, 0) is 62.2 Å². The Hall–Kier alpha value is 0.314. The van der Waals surface area contributed by atoms with Crippen LogP contribution in [0.4, 0.5) is 0 Å². The van der Waals surface area contributed by atoms with Crippen molar-refractivity contribution in [1.82, 2.24) is 0 Å². The van der Waals surface area contributed by atoms with Crippen LogP contribution in [0.25, 0.3) is 0 Å². The van der Waals surface area contributed by atoms with Crippen LogP contribution in [0.1, 0.15) is 91.9 Å². The van der Waals surface area contributed by atoms with Crippen molar-refractivity contribution in [3.05, 3.63) is 0 Å². The molecular weight excluding hydrogens is 364 g/mol. The minimum Gasteiger partial charge on any atom is -0.455 e. The Morgan fingerprint density at radius 2 is 0.741 bits per heavy atom. The number of nitrogens with two attached hydrogens (primary N) is 2. The van der Waals surface area contributed by atoms with Gasteiger partial charge in [0.1, 0.15) is 0 Å². The van der Waals surface area contributed by atoms with E-state index in [4.69, 9.17) is 15.6 Å². The molecule has 164 valence electrons. The van der Waals surface area contributed by atoms with Crippen molar-refractivity contribution in [2.24, 2.45) is 11.5 Å². The van der Waals surface area contributed by atoms with E-state index in [0.717, 1.165) is 25.9 Å². The molecule has 0 aromatic rings. The third kappa shape index (κ3) is 11.8. The van der Waals surface area contributed by atoms with E-state index in [1.165, 1.54) is 87.6 Å². The summed E-state index contributed by atoms with van der Waals surface area (Å²) < 4.78 is 7.60. The van der Waals surface area contributed by atoms with Gasteiger partial charge in [0, 0.05) is 0 Å². The Balaban J connectivity index is 5.66. The second-order valence-electron chi connectivity index (χ2n) is 8.67. The molecule has 0 bridgehead atoms. The van der Waals surface area contributed by atoms with Crippen LogP contribution in [0.5, 0.6) is 0 Å². The zero-order valence-electron chi connectivity index (χ0n) is 19.3. The molecule has 0 saturated heterocycles. The first-order chi connectivity index (χ1) is 13.1. The van der Waals surface area contributed by atoms with Crippen LogP contribution < -0.4 is 11.5 Å². The van der Waals surface area contributed by atoms with Crippen molar-refractivity contribution in [3.8, 4) is 0 Å². The molecule has 0 spiro atoms. The van der Waals surface area contributed by atoms with Gasteiger partial charge < -0.3 is 15.6 Å². The molecule has 3 nitrogen and oxygen atoms in total. The summed E-state index contributed by atoms with van der Waals surface area (Å²) in [5.41, 5.74) is 11.9. The monoisotopic (exact) mass is 416 g/mol. The van der Waals surface area contributed by atoms with Gasteiger partial charge in [0.25, 0.3) is 0 Å². The predicted molar refractivity (Wildman–Crippen MR) is 128 cm³/mol. The van der Waals surface area contributed by atoms with E-state index >= 15 is 0 Å². The number of hydrogen-bond acceptors (Lipinski definition) is 3.